The summed E-state index contributed by atoms with van der Waals surface area (Å²) in [7, 11) is 0. The summed E-state index contributed by atoms with van der Waals surface area (Å²) in [6, 6.07) is 25.2. The number of amides is 1. The Morgan fingerprint density at radius 1 is 1.00 bits per heavy atom. The van der Waals surface area contributed by atoms with Crippen molar-refractivity contribution in [1.82, 2.24) is 19.3 Å². The zero-order valence-corrected chi connectivity index (χ0v) is 20.1. The maximum absolute atomic E-state index is 12.9. The van der Waals surface area contributed by atoms with Crippen molar-refractivity contribution in [3.63, 3.8) is 0 Å². The quantitative estimate of drug-likeness (QED) is 0.312. The smallest absolute Gasteiger partial charge is 0.257 e. The van der Waals surface area contributed by atoms with Crippen LogP contribution in [0.4, 0.5) is 14.6 Å². The first kappa shape index (κ1) is 24.3. The van der Waals surface area contributed by atoms with Gasteiger partial charge in [0.15, 0.2) is 17.2 Å². The fourth-order valence-electron chi connectivity index (χ4n) is 4.50. The number of anilines is 1. The average Bonchev–Trinajstić information content (AvgIpc) is 3.52. The molecule has 0 aliphatic carbocycles. The number of aromatic nitrogens is 4. The van der Waals surface area contributed by atoms with Crippen LogP contribution >= 0.6 is 0 Å². The summed E-state index contributed by atoms with van der Waals surface area (Å²) >= 11 is 0. The molecule has 0 aliphatic rings. The monoisotopic (exact) mass is 501 g/mol. The topological polar surface area (TPSA) is 85.0 Å². The molecular formula is C28H25F2N5O2. The number of imidazole rings is 1. The van der Waals surface area contributed by atoms with E-state index in [1.165, 1.54) is 12.3 Å². The van der Waals surface area contributed by atoms with Crippen molar-refractivity contribution in [3.8, 4) is 0 Å². The maximum atomic E-state index is 12.9. The van der Waals surface area contributed by atoms with E-state index in [2.05, 4.69) is 10.4 Å². The van der Waals surface area contributed by atoms with Crippen LogP contribution in [-0.2, 0) is 18.7 Å². The largest absolute Gasteiger partial charge is 0.373 e. The van der Waals surface area contributed by atoms with Crippen molar-refractivity contribution in [1.29, 1.82) is 0 Å². The second-order valence-corrected chi connectivity index (χ2v) is 8.59. The van der Waals surface area contributed by atoms with Crippen LogP contribution < -0.4 is 5.32 Å². The second kappa shape index (κ2) is 9.94. The molecule has 37 heavy (non-hydrogen) atoms. The first-order valence-corrected chi connectivity index (χ1v) is 11.9. The van der Waals surface area contributed by atoms with E-state index in [1.54, 1.807) is 18.2 Å². The van der Waals surface area contributed by atoms with Gasteiger partial charge in [-0.15, -0.1) is 0 Å². The van der Waals surface area contributed by atoms with E-state index < -0.39 is 24.5 Å². The fourth-order valence-corrected chi connectivity index (χ4v) is 4.50. The minimum absolute atomic E-state index is 0.179. The Hall–Kier alpha value is -4.37. The van der Waals surface area contributed by atoms with Crippen LogP contribution in [0.25, 0.3) is 11.0 Å². The van der Waals surface area contributed by atoms with E-state index in [0.29, 0.717) is 40.1 Å². The Kier molecular flexibility index (Phi) is 6.54. The molecule has 2 N–H and O–H groups in total. The number of nitrogens with zero attached hydrogens (tertiary/aromatic N) is 4. The highest BCUT2D eigenvalue weighted by atomic mass is 19.3. The van der Waals surface area contributed by atoms with Crippen LogP contribution in [0.5, 0.6) is 0 Å². The molecule has 0 atom stereocenters. The molecule has 2 heterocycles. The molecule has 1 amide bonds. The SMILES string of the molecule is CCn1c(C(O)(c2ccccc2)c2ccccc2)nc2ccc(C(=O)Nc3ccn(CC(F)F)n3)cc21. The van der Waals surface area contributed by atoms with Gasteiger partial charge < -0.3 is 15.0 Å². The number of aryl methyl sites for hydroxylation is 1. The van der Waals surface area contributed by atoms with Crippen molar-refractivity contribution in [2.24, 2.45) is 0 Å². The van der Waals surface area contributed by atoms with E-state index >= 15 is 0 Å². The number of carbonyl (C=O) groups excluding carboxylic acids is 1. The van der Waals surface area contributed by atoms with Crippen molar-refractivity contribution in [3.05, 3.63) is 114 Å². The number of hydrogen-bond donors (Lipinski definition) is 2. The van der Waals surface area contributed by atoms with Gasteiger partial charge in [-0.05, 0) is 36.2 Å². The molecule has 0 radical (unpaired) electrons. The number of alkyl halides is 2. The van der Waals surface area contributed by atoms with Crippen LogP contribution in [0.2, 0.25) is 0 Å². The van der Waals surface area contributed by atoms with Crippen molar-refractivity contribution in [2.45, 2.75) is 32.0 Å². The Morgan fingerprint density at radius 2 is 1.65 bits per heavy atom. The normalized spacial score (nSPS) is 11.8. The molecule has 188 valence electrons. The Bertz CT molecular complexity index is 1490. The molecule has 2 aromatic heterocycles. The van der Waals surface area contributed by atoms with Crippen LogP contribution in [0, 0.1) is 0 Å². The lowest BCUT2D eigenvalue weighted by Gasteiger charge is -2.29. The third-order valence-electron chi connectivity index (χ3n) is 6.24. The summed E-state index contributed by atoms with van der Waals surface area (Å²) in [5.74, 6) is 0.180. The summed E-state index contributed by atoms with van der Waals surface area (Å²) < 4.78 is 28.2. The van der Waals surface area contributed by atoms with Crippen LogP contribution in [0.15, 0.2) is 91.1 Å². The van der Waals surface area contributed by atoms with E-state index in [1.807, 2.05) is 72.2 Å². The minimum atomic E-state index is -2.54. The summed E-state index contributed by atoms with van der Waals surface area (Å²) in [5, 5.41) is 18.9. The van der Waals surface area contributed by atoms with E-state index in [-0.39, 0.29) is 5.82 Å². The van der Waals surface area contributed by atoms with Crippen LogP contribution in [0.1, 0.15) is 34.2 Å². The molecule has 5 rings (SSSR count). The number of halogens is 2. The third kappa shape index (κ3) is 4.61. The standard InChI is InChI=1S/C28H25F2N5O2/c1-2-35-23-17-19(26(36)32-25-15-16-34(33-25)18-24(29)30)13-14-22(23)31-27(35)28(37,20-9-5-3-6-10-20)21-11-7-4-8-12-21/h3-17,24,37H,2,18H2,1H3,(H,32,33,36). The van der Waals surface area contributed by atoms with E-state index in [4.69, 9.17) is 4.98 Å². The predicted molar refractivity (Wildman–Crippen MR) is 137 cm³/mol. The third-order valence-corrected chi connectivity index (χ3v) is 6.24. The number of benzene rings is 3. The van der Waals surface area contributed by atoms with E-state index in [0.717, 1.165) is 4.68 Å². The van der Waals surface area contributed by atoms with Gasteiger partial charge in [0, 0.05) is 24.4 Å². The molecule has 3 aromatic carbocycles. The first-order valence-electron chi connectivity index (χ1n) is 11.9. The molecule has 0 aliphatic heterocycles. The molecule has 0 saturated heterocycles. The highest BCUT2D eigenvalue weighted by Crippen LogP contribution is 2.37. The predicted octanol–water partition coefficient (Wildman–Crippen LogP) is 5.05. The summed E-state index contributed by atoms with van der Waals surface area (Å²) in [6.07, 6.45) is -1.16. The molecule has 0 unspecified atom stereocenters. The number of aliphatic hydroxyl groups is 1. The van der Waals surface area contributed by atoms with Gasteiger partial charge in [0.1, 0.15) is 6.54 Å². The average molecular weight is 502 g/mol. The highest BCUT2D eigenvalue weighted by molar-refractivity contribution is 6.05. The van der Waals surface area contributed by atoms with E-state index in [9.17, 15) is 18.7 Å². The number of hydrogen-bond acceptors (Lipinski definition) is 4. The summed E-state index contributed by atoms with van der Waals surface area (Å²) in [4.78, 5) is 17.8. The van der Waals surface area contributed by atoms with Crippen LogP contribution in [0.3, 0.4) is 0 Å². The first-order chi connectivity index (χ1) is 17.9. The van der Waals surface area contributed by atoms with Gasteiger partial charge >= 0.3 is 0 Å². The summed E-state index contributed by atoms with van der Waals surface area (Å²) in [6.45, 7) is 1.90. The molecule has 9 heteroatoms. The Morgan fingerprint density at radius 3 is 2.24 bits per heavy atom. The van der Waals surface area contributed by atoms with Gasteiger partial charge in [-0.1, -0.05) is 60.7 Å². The second-order valence-electron chi connectivity index (χ2n) is 8.59. The molecule has 0 saturated carbocycles. The van der Waals surface area contributed by atoms with Gasteiger partial charge in [-0.25, -0.2) is 13.8 Å². The molecule has 7 nitrogen and oxygen atoms in total. The Balaban J connectivity index is 1.56. The van der Waals surface area contributed by atoms with Crippen molar-refractivity contribution >= 4 is 22.8 Å². The highest BCUT2D eigenvalue weighted by Gasteiger charge is 2.38. The van der Waals surface area contributed by atoms with Crippen molar-refractivity contribution in [2.75, 3.05) is 5.32 Å². The fraction of sp³-hybridized carbons (Fsp3) is 0.179. The molecule has 0 fully saturated rings. The zero-order chi connectivity index (χ0) is 26.0. The zero-order valence-electron chi connectivity index (χ0n) is 20.1. The number of fused-ring (bicyclic) bond motifs is 1. The molecule has 0 bridgehead atoms. The van der Waals surface area contributed by atoms with Crippen LogP contribution in [-0.4, -0.2) is 36.8 Å². The van der Waals surface area contributed by atoms with Gasteiger partial charge in [-0.3, -0.25) is 9.48 Å². The van der Waals surface area contributed by atoms with Crippen molar-refractivity contribution < 1.29 is 18.7 Å². The van der Waals surface area contributed by atoms with Gasteiger partial charge in [0.25, 0.3) is 12.3 Å². The number of nitrogens with one attached hydrogen (secondary N) is 1. The molecule has 0 spiro atoms. The summed E-state index contributed by atoms with van der Waals surface area (Å²) in [5.41, 5.74) is 1.46. The van der Waals surface area contributed by atoms with Gasteiger partial charge in [-0.2, -0.15) is 5.10 Å². The lowest BCUT2D eigenvalue weighted by molar-refractivity contribution is 0.102. The maximum Gasteiger partial charge on any atom is 0.257 e. The number of carbonyl (C=O) groups is 1. The molecular weight excluding hydrogens is 476 g/mol. The van der Waals surface area contributed by atoms with Gasteiger partial charge in [0.05, 0.1) is 11.0 Å². The lowest BCUT2D eigenvalue weighted by Crippen LogP contribution is -2.32. The lowest BCUT2D eigenvalue weighted by atomic mass is 9.85. The Labute approximate surface area is 212 Å². The molecule has 5 aromatic rings. The van der Waals surface area contributed by atoms with Gasteiger partial charge in [0.2, 0.25) is 0 Å². The minimum Gasteiger partial charge on any atom is -0.373 e. The number of rotatable bonds is 8.